The number of hydrogen-bond donors (Lipinski definition) is 2. The number of amides is 3. The Balaban J connectivity index is 1.97. The Hall–Kier alpha value is -3.04. The summed E-state index contributed by atoms with van der Waals surface area (Å²) in [5.41, 5.74) is 2.19. The fraction of sp³-hybridized carbons (Fsp3) is 0.167. The van der Waals surface area contributed by atoms with E-state index in [0.717, 1.165) is 4.90 Å². The molecule has 140 valence electrons. The third-order valence-corrected chi connectivity index (χ3v) is 5.46. The van der Waals surface area contributed by atoms with E-state index in [0.29, 0.717) is 16.8 Å². The lowest BCUT2D eigenvalue weighted by molar-refractivity contribution is 0.0693. The topological polar surface area (TPSA) is 127 Å². The maximum atomic E-state index is 12.6. The molecular formula is C18H17N3O5S. The number of nitrogens with zero attached hydrogens (tertiary/aromatic N) is 1. The summed E-state index contributed by atoms with van der Waals surface area (Å²) in [5, 5.41) is 7.81. The molecule has 0 saturated carbocycles. The van der Waals surface area contributed by atoms with Crippen molar-refractivity contribution in [3.63, 3.8) is 0 Å². The summed E-state index contributed by atoms with van der Waals surface area (Å²) in [4.78, 5) is 37.5. The Morgan fingerprint density at radius 2 is 1.67 bits per heavy atom. The van der Waals surface area contributed by atoms with Crippen molar-refractivity contribution in [2.24, 2.45) is 5.14 Å². The Morgan fingerprint density at radius 1 is 1.04 bits per heavy atom. The number of anilines is 1. The van der Waals surface area contributed by atoms with Gasteiger partial charge in [0.05, 0.1) is 16.0 Å². The van der Waals surface area contributed by atoms with Crippen LogP contribution in [0.15, 0.2) is 35.2 Å². The number of imide groups is 1. The van der Waals surface area contributed by atoms with Crippen molar-refractivity contribution >= 4 is 33.4 Å². The van der Waals surface area contributed by atoms with Crippen LogP contribution in [0.3, 0.4) is 0 Å². The van der Waals surface area contributed by atoms with Crippen molar-refractivity contribution in [2.45, 2.75) is 18.7 Å². The summed E-state index contributed by atoms with van der Waals surface area (Å²) < 4.78 is 23.2. The highest BCUT2D eigenvalue weighted by atomic mass is 32.2. The van der Waals surface area contributed by atoms with E-state index in [2.05, 4.69) is 5.32 Å². The van der Waals surface area contributed by atoms with E-state index < -0.39 is 27.7 Å². The molecule has 0 atom stereocenters. The third-order valence-electron chi connectivity index (χ3n) is 4.57. The van der Waals surface area contributed by atoms with Crippen LogP contribution < -0.4 is 10.5 Å². The molecule has 0 spiro atoms. The van der Waals surface area contributed by atoms with E-state index in [1.54, 1.807) is 13.8 Å². The van der Waals surface area contributed by atoms with Crippen LogP contribution in [0, 0.1) is 13.8 Å². The number of nitrogens with two attached hydrogens (primary N) is 1. The van der Waals surface area contributed by atoms with E-state index in [-0.39, 0.29) is 21.6 Å². The van der Waals surface area contributed by atoms with E-state index in [1.807, 2.05) is 0 Å². The van der Waals surface area contributed by atoms with Gasteiger partial charge in [0.1, 0.15) is 0 Å². The zero-order valence-electron chi connectivity index (χ0n) is 14.9. The zero-order valence-corrected chi connectivity index (χ0v) is 15.7. The van der Waals surface area contributed by atoms with Gasteiger partial charge in [-0.15, -0.1) is 0 Å². The van der Waals surface area contributed by atoms with Gasteiger partial charge in [-0.25, -0.2) is 13.6 Å². The minimum absolute atomic E-state index is 0.114. The molecule has 0 unspecified atom stereocenters. The monoisotopic (exact) mass is 387 g/mol. The van der Waals surface area contributed by atoms with Crippen molar-refractivity contribution in [1.82, 2.24) is 4.90 Å². The van der Waals surface area contributed by atoms with Gasteiger partial charge in [-0.3, -0.25) is 19.3 Å². The number of carbonyl (C=O) groups excluding carboxylic acids is 3. The van der Waals surface area contributed by atoms with Gasteiger partial charge < -0.3 is 5.32 Å². The Morgan fingerprint density at radius 3 is 2.30 bits per heavy atom. The molecule has 27 heavy (non-hydrogen) atoms. The van der Waals surface area contributed by atoms with Crippen LogP contribution in [-0.4, -0.2) is 38.1 Å². The van der Waals surface area contributed by atoms with Crippen molar-refractivity contribution in [1.29, 1.82) is 0 Å². The molecule has 3 N–H and O–H groups in total. The second-order valence-electron chi connectivity index (χ2n) is 6.34. The summed E-state index contributed by atoms with van der Waals surface area (Å²) in [6, 6.07) is 6.92. The molecule has 1 heterocycles. The van der Waals surface area contributed by atoms with Crippen LogP contribution in [0.5, 0.6) is 0 Å². The summed E-state index contributed by atoms with van der Waals surface area (Å²) in [5.74, 6) is -1.44. The first-order valence-corrected chi connectivity index (χ1v) is 9.47. The fourth-order valence-electron chi connectivity index (χ4n) is 2.82. The molecule has 2 aromatic carbocycles. The van der Waals surface area contributed by atoms with Gasteiger partial charge in [0.25, 0.3) is 17.7 Å². The SMILES string of the molecule is Cc1cc(S(N)(=O)=O)cc(NC(=O)c2ccc3c(c2)C(=O)N(C)C3=O)c1C. The van der Waals surface area contributed by atoms with Crippen molar-refractivity contribution in [3.8, 4) is 0 Å². The molecule has 3 amide bonds. The average Bonchev–Trinajstić information content (AvgIpc) is 2.82. The number of hydrogen-bond acceptors (Lipinski definition) is 5. The molecule has 0 aliphatic carbocycles. The van der Waals surface area contributed by atoms with Crippen LogP contribution in [0.1, 0.15) is 42.2 Å². The van der Waals surface area contributed by atoms with Crippen molar-refractivity contribution < 1.29 is 22.8 Å². The second-order valence-corrected chi connectivity index (χ2v) is 7.90. The van der Waals surface area contributed by atoms with Crippen LogP contribution >= 0.6 is 0 Å². The molecule has 1 aliphatic rings. The van der Waals surface area contributed by atoms with E-state index in [9.17, 15) is 22.8 Å². The minimum atomic E-state index is -3.93. The first kappa shape index (κ1) is 18.7. The highest BCUT2D eigenvalue weighted by molar-refractivity contribution is 7.89. The molecule has 0 fully saturated rings. The highest BCUT2D eigenvalue weighted by Crippen LogP contribution is 2.26. The minimum Gasteiger partial charge on any atom is -0.322 e. The molecular weight excluding hydrogens is 370 g/mol. The highest BCUT2D eigenvalue weighted by Gasteiger charge is 2.33. The second kappa shape index (κ2) is 6.29. The van der Waals surface area contributed by atoms with Crippen LogP contribution in [-0.2, 0) is 10.0 Å². The van der Waals surface area contributed by atoms with Gasteiger partial charge in [-0.1, -0.05) is 0 Å². The van der Waals surface area contributed by atoms with Gasteiger partial charge in [0, 0.05) is 18.3 Å². The Labute approximate surface area is 156 Å². The fourth-order valence-corrected chi connectivity index (χ4v) is 3.44. The maximum Gasteiger partial charge on any atom is 0.261 e. The Kier molecular flexibility index (Phi) is 4.37. The van der Waals surface area contributed by atoms with Crippen LogP contribution in [0.25, 0.3) is 0 Å². The molecule has 3 rings (SSSR count). The standard InChI is InChI=1S/C18H17N3O5S/c1-9-6-12(27(19,25)26)8-15(10(9)2)20-16(22)11-4-5-13-14(7-11)18(24)21(3)17(13)23/h4-8H,1-3H3,(H,20,22)(H2,19,25,26). The maximum absolute atomic E-state index is 12.6. The van der Waals surface area contributed by atoms with Gasteiger partial charge in [-0.2, -0.15) is 0 Å². The smallest absolute Gasteiger partial charge is 0.261 e. The average molecular weight is 387 g/mol. The van der Waals surface area contributed by atoms with E-state index >= 15 is 0 Å². The lowest BCUT2D eigenvalue weighted by atomic mass is 10.0. The van der Waals surface area contributed by atoms with Gasteiger partial charge in [-0.05, 0) is 55.3 Å². The number of rotatable bonds is 3. The first-order valence-electron chi connectivity index (χ1n) is 7.92. The first-order chi connectivity index (χ1) is 12.5. The van der Waals surface area contributed by atoms with Gasteiger partial charge in [0.15, 0.2) is 0 Å². The third kappa shape index (κ3) is 3.22. The van der Waals surface area contributed by atoms with Crippen LogP contribution in [0.4, 0.5) is 5.69 Å². The molecule has 0 aromatic heterocycles. The number of nitrogens with one attached hydrogen (secondary N) is 1. The normalized spacial score (nSPS) is 13.7. The number of sulfonamides is 1. The predicted octanol–water partition coefficient (Wildman–Crippen LogP) is 1.43. The lowest BCUT2D eigenvalue weighted by Gasteiger charge is -2.13. The number of benzene rings is 2. The van der Waals surface area contributed by atoms with E-state index in [1.165, 1.54) is 37.4 Å². The van der Waals surface area contributed by atoms with Crippen molar-refractivity contribution in [2.75, 3.05) is 12.4 Å². The summed E-state index contributed by atoms with van der Waals surface area (Å²) in [7, 11) is -2.56. The number of carbonyl (C=O) groups is 3. The lowest BCUT2D eigenvalue weighted by Crippen LogP contribution is -2.24. The molecule has 0 radical (unpaired) electrons. The summed E-state index contributed by atoms with van der Waals surface area (Å²) in [6.07, 6.45) is 0. The number of fused-ring (bicyclic) bond motifs is 1. The molecule has 9 heteroatoms. The number of aryl methyl sites for hydroxylation is 1. The summed E-state index contributed by atoms with van der Waals surface area (Å²) >= 11 is 0. The zero-order chi connectivity index (χ0) is 20.1. The molecule has 0 saturated heterocycles. The van der Waals surface area contributed by atoms with Gasteiger partial charge in [0.2, 0.25) is 10.0 Å². The predicted molar refractivity (Wildman–Crippen MR) is 98.1 cm³/mol. The molecule has 1 aliphatic heterocycles. The van der Waals surface area contributed by atoms with Gasteiger partial charge >= 0.3 is 0 Å². The number of primary sulfonamides is 1. The Bertz CT molecular complexity index is 1120. The van der Waals surface area contributed by atoms with Crippen LogP contribution in [0.2, 0.25) is 0 Å². The molecule has 2 aromatic rings. The quantitative estimate of drug-likeness (QED) is 0.770. The van der Waals surface area contributed by atoms with Crippen molar-refractivity contribution in [3.05, 3.63) is 58.1 Å². The molecule has 0 bridgehead atoms. The van der Waals surface area contributed by atoms with E-state index in [4.69, 9.17) is 5.14 Å². The molecule has 8 nitrogen and oxygen atoms in total. The summed E-state index contributed by atoms with van der Waals surface area (Å²) in [6.45, 7) is 3.44. The largest absolute Gasteiger partial charge is 0.322 e.